The number of carbonyl (C=O) groups is 2. The van der Waals surface area contributed by atoms with E-state index in [1.54, 1.807) is 18.2 Å². The van der Waals surface area contributed by atoms with E-state index >= 15 is 0 Å². The Labute approximate surface area is 348 Å². The van der Waals surface area contributed by atoms with Crippen LogP contribution >= 0.6 is 0 Å². The van der Waals surface area contributed by atoms with Gasteiger partial charge < -0.3 is 25.4 Å². The molecule has 0 aliphatic carbocycles. The molecule has 4 aliphatic rings. The van der Waals surface area contributed by atoms with Gasteiger partial charge in [0.2, 0.25) is 0 Å². The van der Waals surface area contributed by atoms with Crippen molar-refractivity contribution in [2.75, 3.05) is 0 Å². The molecule has 59 heavy (non-hydrogen) atoms. The molecular weight excluding hydrogens is 741 g/mol. The zero-order valence-corrected chi connectivity index (χ0v) is 35.7. The molecule has 0 saturated carbocycles. The number of hydrogen-bond acceptors (Lipinski definition) is 7. The van der Waals surface area contributed by atoms with Crippen molar-refractivity contribution < 1.29 is 30.0 Å². The third kappa shape index (κ3) is 10.9. The van der Waals surface area contributed by atoms with Crippen LogP contribution in [0.4, 0.5) is 0 Å². The number of aromatic amines is 1. The van der Waals surface area contributed by atoms with Crippen LogP contribution < -0.4 is 10.7 Å². The predicted molar refractivity (Wildman–Crippen MR) is 240 cm³/mol. The molecule has 1 aromatic rings. The van der Waals surface area contributed by atoms with Crippen LogP contribution in [0.15, 0.2) is 114 Å². The number of H-pyrrole nitrogens is 1. The van der Waals surface area contributed by atoms with Crippen LogP contribution in [0, 0.1) is 12.8 Å². The second-order valence-corrected chi connectivity index (χ2v) is 16.4. The lowest BCUT2D eigenvalue weighted by atomic mass is 9.94. The first kappa shape index (κ1) is 44.5. The highest BCUT2D eigenvalue weighted by Gasteiger charge is 2.30. The largest absolute Gasteiger partial charge is 0.515 e. The number of aromatic nitrogens is 1. The second-order valence-electron chi connectivity index (χ2n) is 16.4. The van der Waals surface area contributed by atoms with E-state index in [9.17, 15) is 30.0 Å². The molecule has 10 heteroatoms. The quantitative estimate of drug-likeness (QED) is 0.0733. The van der Waals surface area contributed by atoms with Gasteiger partial charge in [-0.2, -0.15) is 0 Å². The lowest BCUT2D eigenvalue weighted by Crippen LogP contribution is -2.20. The van der Waals surface area contributed by atoms with E-state index in [2.05, 4.69) is 51.4 Å². The maximum absolute atomic E-state index is 11.9. The van der Waals surface area contributed by atoms with Gasteiger partial charge in [0, 0.05) is 40.2 Å². The Morgan fingerprint density at radius 1 is 0.763 bits per heavy atom. The molecule has 5 heterocycles. The highest BCUT2D eigenvalue weighted by atomic mass is 16.4. The highest BCUT2D eigenvalue weighted by Crippen LogP contribution is 2.38. The minimum Gasteiger partial charge on any atom is -0.515 e. The zero-order valence-electron chi connectivity index (χ0n) is 35.7. The van der Waals surface area contributed by atoms with Crippen molar-refractivity contribution >= 4 is 47.3 Å². The monoisotopic (exact) mass is 800 g/mol. The lowest BCUT2D eigenvalue weighted by Gasteiger charge is -2.13. The summed E-state index contributed by atoms with van der Waals surface area (Å²) in [5.41, 5.74) is 11.6. The number of rotatable bonds is 18. The minimum atomic E-state index is -0.999. The fraction of sp³-hybridized carbons (Fsp3) is 0.408. The first-order chi connectivity index (χ1) is 28.1. The van der Waals surface area contributed by atoms with Crippen LogP contribution in [0.1, 0.15) is 123 Å². The van der Waals surface area contributed by atoms with Crippen LogP contribution in [0.3, 0.4) is 0 Å². The fourth-order valence-electron chi connectivity index (χ4n) is 8.01. The number of allylic oxidation sites excluding steroid dienone is 11. The van der Waals surface area contributed by atoms with Crippen molar-refractivity contribution in [3.05, 3.63) is 121 Å². The Balaban J connectivity index is 1.57. The molecule has 8 bridgehead atoms. The molecule has 1 unspecified atom stereocenters. The smallest absolute Gasteiger partial charge is 0.303 e. The molecule has 1 aromatic heterocycles. The van der Waals surface area contributed by atoms with E-state index in [-0.39, 0.29) is 25.7 Å². The topological polar surface area (TPSA) is 168 Å². The van der Waals surface area contributed by atoms with Gasteiger partial charge in [-0.15, -0.1) is 0 Å². The molecule has 1 atom stereocenters. The Morgan fingerprint density at radius 3 is 2.07 bits per heavy atom. The van der Waals surface area contributed by atoms with E-state index in [0.717, 1.165) is 70.0 Å². The van der Waals surface area contributed by atoms with E-state index < -0.39 is 18.0 Å². The number of carboxylic acid groups (broad SMARTS) is 2. The van der Waals surface area contributed by atoms with Gasteiger partial charge in [-0.25, -0.2) is 15.0 Å². The number of aliphatic imine (C=N–C) groups is 3. The lowest BCUT2D eigenvalue weighted by molar-refractivity contribution is -0.137. The summed E-state index contributed by atoms with van der Waals surface area (Å²) in [5.74, 6) is -1.21. The van der Waals surface area contributed by atoms with Gasteiger partial charge >= 0.3 is 11.9 Å². The van der Waals surface area contributed by atoms with Crippen molar-refractivity contribution in [2.24, 2.45) is 20.9 Å². The normalized spacial score (nSPS) is 18.2. The Bertz CT molecular complexity index is 2380. The van der Waals surface area contributed by atoms with Crippen LogP contribution in [0.2, 0.25) is 0 Å². The number of hydrogen-bond donors (Lipinski definition) is 5. The number of aliphatic hydroxyl groups excluding tert-OH is 2. The average Bonchev–Trinajstić information content (AvgIpc) is 3.85. The summed E-state index contributed by atoms with van der Waals surface area (Å²) in [5, 5.41) is 43.3. The van der Waals surface area contributed by atoms with Crippen LogP contribution in [0.25, 0.3) is 18.2 Å². The molecule has 312 valence electrons. The molecule has 4 aliphatic heterocycles. The van der Waals surface area contributed by atoms with Crippen molar-refractivity contribution in [3.8, 4) is 0 Å². The van der Waals surface area contributed by atoms with Crippen molar-refractivity contribution in [1.82, 2.24) is 4.98 Å². The van der Waals surface area contributed by atoms with Gasteiger partial charge in [0.25, 0.3) is 0 Å². The molecule has 0 fully saturated rings. The molecule has 0 spiro atoms. The summed E-state index contributed by atoms with van der Waals surface area (Å²) in [4.78, 5) is 41.9. The second kappa shape index (κ2) is 19.9. The number of aliphatic carboxylic acids is 2. The van der Waals surface area contributed by atoms with Crippen LogP contribution in [-0.2, 0) is 9.59 Å². The summed E-state index contributed by atoms with van der Waals surface area (Å²) < 4.78 is 0. The number of fused-ring (bicyclic) bond motifs is 5. The number of nitrogens with zero attached hydrogens (tertiary/aromatic N) is 3. The number of aliphatic hydroxyl groups is 2. The maximum Gasteiger partial charge on any atom is 0.303 e. The average molecular weight is 801 g/mol. The zero-order chi connectivity index (χ0) is 43.0. The van der Waals surface area contributed by atoms with Gasteiger partial charge in [0.1, 0.15) is 0 Å². The standard InChI is InChI=1S/C49H60N4O6/c1-9-34-31(6)39-25-45-49(46(55)18-12-17-30(5)16-11-15-29(4)14-10-13-28(2)3)33(8)40(52-45)24-44-37(27-54)36(20-22-48(58)59)43(53-44)26-42-35(19-21-47(56)57)32(7)38(51-42)23-41(34)50-39/h9,15,17,23-28,46,50,54-55H,1,10-14,16,18-22H2,2-8H3,(H,56,57)(H,58,59)/b29-15+,30-17+,37-27?,39-25?,40-24?,41-23?,42-26?. The van der Waals surface area contributed by atoms with Crippen LogP contribution in [-0.4, -0.2) is 60.6 Å². The fourth-order valence-corrected chi connectivity index (χ4v) is 8.01. The summed E-state index contributed by atoms with van der Waals surface area (Å²) in [6, 6.07) is 0. The number of carboxylic acids is 2. The Hall–Kier alpha value is -5.61. The van der Waals surface area contributed by atoms with Gasteiger partial charge in [-0.3, -0.25) is 9.59 Å². The van der Waals surface area contributed by atoms with Gasteiger partial charge in [0.05, 0.1) is 46.6 Å². The van der Waals surface area contributed by atoms with Gasteiger partial charge in [-0.05, 0) is 144 Å². The van der Waals surface area contributed by atoms with E-state index in [1.165, 1.54) is 24.0 Å². The molecule has 5 rings (SSSR count). The maximum atomic E-state index is 11.9. The highest BCUT2D eigenvalue weighted by molar-refractivity contribution is 6.25. The first-order valence-corrected chi connectivity index (χ1v) is 20.8. The van der Waals surface area contributed by atoms with Crippen molar-refractivity contribution in [3.63, 3.8) is 0 Å². The Kier molecular flexibility index (Phi) is 15.0. The van der Waals surface area contributed by atoms with E-state index in [4.69, 9.17) is 15.0 Å². The molecule has 10 nitrogen and oxygen atoms in total. The SMILES string of the molecule is C=Cc1c(C)c2[nH]c1=CC1=NC(=CC3=C(CCC(=O)O)C(=CO)C(=N3)C=C3N=C(C=2)C(C(O)CC/C=C(\C)CC/C=C(\C)CCCC(C)C)=C3C)C(CCC(=O)O)=C1C. The van der Waals surface area contributed by atoms with Gasteiger partial charge in [-0.1, -0.05) is 56.2 Å². The van der Waals surface area contributed by atoms with E-state index in [0.29, 0.717) is 63.8 Å². The van der Waals surface area contributed by atoms with Gasteiger partial charge in [0.15, 0.2) is 0 Å². The summed E-state index contributed by atoms with van der Waals surface area (Å²) in [6.07, 6.45) is 20.6. The minimum absolute atomic E-state index is 0.0853. The van der Waals surface area contributed by atoms with Crippen LogP contribution in [0.5, 0.6) is 0 Å². The summed E-state index contributed by atoms with van der Waals surface area (Å²) >= 11 is 0. The Morgan fingerprint density at radius 2 is 1.41 bits per heavy atom. The van der Waals surface area contributed by atoms with E-state index in [1.807, 2.05) is 32.9 Å². The number of nitrogens with one attached hydrogen (secondary N) is 1. The molecule has 0 aromatic carbocycles. The molecular formula is C49H60N4O6. The predicted octanol–water partition coefficient (Wildman–Crippen LogP) is 9.37. The molecule has 0 amide bonds. The third-order valence-corrected chi connectivity index (χ3v) is 11.5. The molecule has 0 saturated heterocycles. The van der Waals surface area contributed by atoms with Crippen molar-refractivity contribution in [1.29, 1.82) is 0 Å². The summed E-state index contributed by atoms with van der Waals surface area (Å²) in [7, 11) is 0. The third-order valence-electron chi connectivity index (χ3n) is 11.5. The van der Waals surface area contributed by atoms with Crippen molar-refractivity contribution in [2.45, 2.75) is 125 Å². The first-order valence-electron chi connectivity index (χ1n) is 20.8. The summed E-state index contributed by atoms with van der Waals surface area (Å²) in [6.45, 7) is 18.8. The molecule has 5 N–H and O–H groups in total. The molecule has 0 radical (unpaired) electrons.